The summed E-state index contributed by atoms with van der Waals surface area (Å²) in [5.41, 5.74) is -0.611. The number of hydrogen-bond acceptors (Lipinski definition) is 17. The first-order chi connectivity index (χ1) is 17.8. The molecule has 38 heavy (non-hydrogen) atoms. The molecule has 3 aliphatic rings. The molecule has 0 spiro atoms. The van der Waals surface area contributed by atoms with Crippen molar-refractivity contribution in [1.29, 1.82) is 0 Å². The van der Waals surface area contributed by atoms with Crippen molar-refractivity contribution in [2.75, 3.05) is 19.8 Å². The van der Waals surface area contributed by atoms with Crippen molar-refractivity contribution in [1.82, 2.24) is 0 Å². The van der Waals surface area contributed by atoms with Crippen LogP contribution in [0.2, 0.25) is 0 Å². The molecule has 0 aromatic heterocycles. The molecule has 0 unspecified atom stereocenters. The zero-order valence-electron chi connectivity index (χ0n) is 20.8. The molecule has 0 aromatic carbocycles. The Labute approximate surface area is 222 Å². The second kappa shape index (κ2) is 15.1. The van der Waals surface area contributed by atoms with Gasteiger partial charge in [-0.15, -0.1) is 11.8 Å². The Balaban J connectivity index is 0.000000293. The van der Waals surface area contributed by atoms with E-state index in [0.717, 1.165) is 0 Å². The molecule has 0 saturated carbocycles. The van der Waals surface area contributed by atoms with Crippen molar-refractivity contribution in [3.05, 3.63) is 0 Å². The van der Waals surface area contributed by atoms with E-state index in [1.54, 1.807) is 0 Å². The second-order valence-electron chi connectivity index (χ2n) is 9.41. The van der Waals surface area contributed by atoms with Crippen LogP contribution < -0.4 is 0 Å². The molecule has 3 rings (SSSR count). The SMILES string of the molecule is CC(C)S[C@@H]1O[C@H](CO)[C@H](O)[C@H](O)[C@H]1O.OC[C@H]1O[C@@H](O[C@H]2[C@H](O)[C@@H](O)[C@H](O)O[C@@H]2CO)[C@H](O)[C@@H](O)[C@H]1O. The van der Waals surface area contributed by atoms with Gasteiger partial charge < -0.3 is 80.2 Å². The van der Waals surface area contributed by atoms with Gasteiger partial charge in [0.1, 0.15) is 78.7 Å². The normalized spacial score (nSPS) is 47.9. The first-order valence-corrected chi connectivity index (χ1v) is 13.0. The van der Waals surface area contributed by atoms with Crippen LogP contribution in [0.15, 0.2) is 0 Å². The van der Waals surface area contributed by atoms with Gasteiger partial charge in [0.15, 0.2) is 12.6 Å². The van der Waals surface area contributed by atoms with Crippen LogP contribution in [0.5, 0.6) is 0 Å². The van der Waals surface area contributed by atoms with Crippen molar-refractivity contribution in [2.24, 2.45) is 0 Å². The Hall–Kier alpha value is -0.290. The van der Waals surface area contributed by atoms with Gasteiger partial charge in [-0.25, -0.2) is 0 Å². The van der Waals surface area contributed by atoms with Gasteiger partial charge in [-0.3, -0.25) is 0 Å². The summed E-state index contributed by atoms with van der Waals surface area (Å²) in [5.74, 6) is 0. The summed E-state index contributed by atoms with van der Waals surface area (Å²) < 4.78 is 20.6. The lowest BCUT2D eigenvalue weighted by Gasteiger charge is -2.45. The lowest BCUT2D eigenvalue weighted by molar-refractivity contribution is -0.355. The highest BCUT2D eigenvalue weighted by atomic mass is 32.2. The first kappa shape index (κ1) is 33.9. The molecule has 3 aliphatic heterocycles. The summed E-state index contributed by atoms with van der Waals surface area (Å²) >= 11 is 1.35. The monoisotopic (exact) mass is 580 g/mol. The highest BCUT2D eigenvalue weighted by molar-refractivity contribution is 8.00. The summed E-state index contributed by atoms with van der Waals surface area (Å²) in [6.45, 7) is 2.15. The van der Waals surface area contributed by atoms with Crippen LogP contribution in [0.1, 0.15) is 13.8 Å². The molecule has 0 amide bonds. The Morgan fingerprint density at radius 2 is 1.08 bits per heavy atom. The van der Waals surface area contributed by atoms with Gasteiger partial charge in [-0.2, -0.15) is 0 Å². The molecule has 3 heterocycles. The first-order valence-electron chi connectivity index (χ1n) is 12.0. The third-order valence-corrected chi connectivity index (χ3v) is 7.44. The zero-order chi connectivity index (χ0) is 28.9. The Kier molecular flexibility index (Phi) is 13.5. The maximum absolute atomic E-state index is 9.94. The fourth-order valence-corrected chi connectivity index (χ4v) is 5.08. The molecule has 3 saturated heterocycles. The zero-order valence-corrected chi connectivity index (χ0v) is 21.6. The number of thioether (sulfide) groups is 1. The molecule has 3 fully saturated rings. The van der Waals surface area contributed by atoms with E-state index in [9.17, 15) is 51.1 Å². The van der Waals surface area contributed by atoms with E-state index in [0.29, 0.717) is 0 Å². The van der Waals surface area contributed by atoms with Crippen LogP contribution in [-0.2, 0) is 18.9 Å². The Bertz CT molecular complexity index is 686. The van der Waals surface area contributed by atoms with E-state index in [4.69, 9.17) is 29.2 Å². The predicted molar refractivity (Wildman–Crippen MR) is 125 cm³/mol. The minimum absolute atomic E-state index is 0.228. The topological polar surface area (TPSA) is 280 Å². The molecule has 0 bridgehead atoms. The van der Waals surface area contributed by atoms with Crippen LogP contribution in [0.3, 0.4) is 0 Å². The maximum Gasteiger partial charge on any atom is 0.187 e. The van der Waals surface area contributed by atoms with Gasteiger partial charge in [0.25, 0.3) is 0 Å². The molecule has 12 N–H and O–H groups in total. The lowest BCUT2D eigenvalue weighted by atomic mass is 9.97. The van der Waals surface area contributed by atoms with Gasteiger partial charge in [0.2, 0.25) is 0 Å². The summed E-state index contributed by atoms with van der Waals surface area (Å²) in [7, 11) is 0. The summed E-state index contributed by atoms with van der Waals surface area (Å²) in [5, 5.41) is 114. The summed E-state index contributed by atoms with van der Waals surface area (Å²) in [4.78, 5) is 0. The van der Waals surface area contributed by atoms with E-state index >= 15 is 0 Å². The predicted octanol–water partition coefficient (Wildman–Crippen LogP) is -6.47. The molecule has 0 aromatic rings. The second-order valence-corrected chi connectivity index (χ2v) is 11.1. The average Bonchev–Trinajstić information content (AvgIpc) is 2.89. The van der Waals surface area contributed by atoms with E-state index in [1.807, 2.05) is 13.8 Å². The van der Waals surface area contributed by atoms with Crippen molar-refractivity contribution in [3.63, 3.8) is 0 Å². The third-order valence-electron chi connectivity index (χ3n) is 6.23. The van der Waals surface area contributed by atoms with Crippen LogP contribution in [0, 0.1) is 0 Å². The summed E-state index contributed by atoms with van der Waals surface area (Å²) in [6, 6.07) is 0. The number of hydrogen-bond donors (Lipinski definition) is 12. The molecule has 15 atom stereocenters. The quantitative estimate of drug-likeness (QED) is 0.133. The van der Waals surface area contributed by atoms with Crippen molar-refractivity contribution >= 4 is 11.8 Å². The maximum atomic E-state index is 9.94. The molecule has 0 radical (unpaired) electrons. The molecule has 0 aliphatic carbocycles. The lowest BCUT2D eigenvalue weighted by Crippen LogP contribution is -2.64. The molecular weight excluding hydrogens is 540 g/mol. The van der Waals surface area contributed by atoms with Gasteiger partial charge in [0.05, 0.1) is 19.8 Å². The van der Waals surface area contributed by atoms with Crippen LogP contribution in [0.25, 0.3) is 0 Å². The van der Waals surface area contributed by atoms with Gasteiger partial charge in [0, 0.05) is 5.25 Å². The summed E-state index contributed by atoms with van der Waals surface area (Å²) in [6.07, 6.45) is -20.0. The number of ether oxygens (including phenoxy) is 4. The van der Waals surface area contributed by atoms with Crippen LogP contribution >= 0.6 is 11.8 Å². The van der Waals surface area contributed by atoms with E-state index in [1.165, 1.54) is 11.8 Å². The Morgan fingerprint density at radius 1 is 0.579 bits per heavy atom. The van der Waals surface area contributed by atoms with E-state index in [-0.39, 0.29) is 11.9 Å². The molecular formula is C21H40O16S. The van der Waals surface area contributed by atoms with E-state index < -0.39 is 104 Å². The van der Waals surface area contributed by atoms with Gasteiger partial charge in [-0.1, -0.05) is 13.8 Å². The molecule has 16 nitrogen and oxygen atoms in total. The van der Waals surface area contributed by atoms with Crippen LogP contribution in [-0.4, -0.2) is 178 Å². The molecule has 226 valence electrons. The van der Waals surface area contributed by atoms with Gasteiger partial charge >= 0.3 is 0 Å². The van der Waals surface area contributed by atoms with Crippen molar-refractivity contribution < 1.29 is 80.2 Å². The number of rotatable bonds is 7. The van der Waals surface area contributed by atoms with Crippen molar-refractivity contribution in [3.8, 4) is 0 Å². The number of aliphatic hydroxyl groups is 12. The van der Waals surface area contributed by atoms with Crippen LogP contribution in [0.4, 0.5) is 0 Å². The minimum atomic E-state index is -1.74. The number of aliphatic hydroxyl groups excluding tert-OH is 12. The third kappa shape index (κ3) is 7.92. The largest absolute Gasteiger partial charge is 0.394 e. The van der Waals surface area contributed by atoms with E-state index in [2.05, 4.69) is 0 Å². The average molecular weight is 581 g/mol. The highest BCUT2D eigenvalue weighted by Gasteiger charge is 2.50. The fourth-order valence-electron chi connectivity index (χ4n) is 4.02. The highest BCUT2D eigenvalue weighted by Crippen LogP contribution is 2.31. The Morgan fingerprint density at radius 3 is 1.58 bits per heavy atom. The van der Waals surface area contributed by atoms with Crippen molar-refractivity contribution in [2.45, 2.75) is 110 Å². The van der Waals surface area contributed by atoms with Gasteiger partial charge in [-0.05, 0) is 0 Å². The standard InChI is InChI=1S/C12H22O11.C9H18O5S/c13-1-3-5(15)6(16)9(19)12(22-3)23-10-4(2-14)21-11(20)8(18)7(10)17;1-4(2)15-9-8(13)7(12)6(11)5(3-10)14-9/h3-20H,1-2H2;4-13H,3H2,1-2H3/t3-,4-,5+,6+,7-,8-,9-,10-,11-,12+;5-,6+,7+,8-,9+/m11/s1. The smallest absolute Gasteiger partial charge is 0.187 e. The fraction of sp³-hybridized carbons (Fsp3) is 1.00. The molecule has 17 heteroatoms. The minimum Gasteiger partial charge on any atom is -0.394 e.